The van der Waals surface area contributed by atoms with Gasteiger partial charge < -0.3 is 15.2 Å². The van der Waals surface area contributed by atoms with Crippen LogP contribution in [0.2, 0.25) is 0 Å². The van der Waals surface area contributed by atoms with Crippen LogP contribution in [0.3, 0.4) is 0 Å². The Kier molecular flexibility index (Phi) is 4.82. The Balaban J connectivity index is 2.03. The Morgan fingerprint density at radius 2 is 2.19 bits per heavy atom. The number of rotatable bonds is 3. The minimum absolute atomic E-state index is 0.0261. The maximum atomic E-state index is 11.9. The molecule has 21 heavy (non-hydrogen) atoms. The number of carbonyl (C=O) groups is 1. The van der Waals surface area contributed by atoms with Gasteiger partial charge in [0.25, 0.3) is 0 Å². The van der Waals surface area contributed by atoms with Gasteiger partial charge in [-0.25, -0.2) is 9.48 Å². The smallest absolute Gasteiger partial charge is 0.407 e. The summed E-state index contributed by atoms with van der Waals surface area (Å²) in [4.78, 5) is 11.9. The highest BCUT2D eigenvalue weighted by molar-refractivity contribution is 5.68. The minimum Gasteiger partial charge on any atom is -0.444 e. The Morgan fingerprint density at radius 3 is 2.81 bits per heavy atom. The van der Waals surface area contributed by atoms with Crippen molar-refractivity contribution in [3.05, 3.63) is 11.9 Å². The van der Waals surface area contributed by atoms with Gasteiger partial charge in [-0.2, -0.15) is 0 Å². The van der Waals surface area contributed by atoms with Gasteiger partial charge in [0.1, 0.15) is 11.3 Å². The van der Waals surface area contributed by atoms with Gasteiger partial charge >= 0.3 is 6.09 Å². The molecule has 0 aliphatic heterocycles. The van der Waals surface area contributed by atoms with Crippen LogP contribution < -0.4 is 5.32 Å². The summed E-state index contributed by atoms with van der Waals surface area (Å²) in [7, 11) is 0. The van der Waals surface area contributed by atoms with E-state index in [2.05, 4.69) is 15.6 Å². The molecular weight excluding hydrogens is 272 g/mol. The van der Waals surface area contributed by atoms with Crippen LogP contribution in [-0.4, -0.2) is 37.8 Å². The summed E-state index contributed by atoms with van der Waals surface area (Å²) in [5, 5.41) is 20.0. The molecule has 0 radical (unpaired) electrons. The van der Waals surface area contributed by atoms with Gasteiger partial charge in [-0.05, 0) is 33.6 Å². The number of aliphatic hydroxyl groups excluding tert-OH is 1. The summed E-state index contributed by atoms with van der Waals surface area (Å²) in [6.07, 6.45) is 5.30. The van der Waals surface area contributed by atoms with E-state index >= 15 is 0 Å². The maximum Gasteiger partial charge on any atom is 0.407 e. The zero-order valence-corrected chi connectivity index (χ0v) is 12.9. The maximum absolute atomic E-state index is 11.9. The van der Waals surface area contributed by atoms with Crippen molar-refractivity contribution in [3.8, 4) is 0 Å². The monoisotopic (exact) mass is 296 g/mol. The molecule has 0 unspecified atom stereocenters. The molecule has 7 heteroatoms. The van der Waals surface area contributed by atoms with Gasteiger partial charge in [0.05, 0.1) is 24.9 Å². The van der Waals surface area contributed by atoms with Crippen molar-refractivity contribution in [3.63, 3.8) is 0 Å². The fourth-order valence-corrected chi connectivity index (χ4v) is 2.60. The molecule has 2 atom stereocenters. The average molecular weight is 296 g/mol. The molecule has 1 amide bonds. The van der Waals surface area contributed by atoms with E-state index in [0.29, 0.717) is 5.69 Å². The van der Waals surface area contributed by atoms with Crippen molar-refractivity contribution in [2.24, 2.45) is 0 Å². The number of aliphatic hydroxyl groups is 1. The highest BCUT2D eigenvalue weighted by Crippen LogP contribution is 2.28. The van der Waals surface area contributed by atoms with Crippen LogP contribution in [0.1, 0.15) is 58.2 Å². The van der Waals surface area contributed by atoms with Gasteiger partial charge in [-0.1, -0.05) is 18.1 Å². The predicted molar refractivity (Wildman–Crippen MR) is 76.6 cm³/mol. The molecule has 2 rings (SSSR count). The molecule has 1 aliphatic rings. The first kappa shape index (κ1) is 15.8. The van der Waals surface area contributed by atoms with Crippen molar-refractivity contribution < 1.29 is 14.6 Å². The SMILES string of the molecule is CC(C)(C)OC(=O)N[C@@H]1CCCC[C@@H]1n1cc(CO)nn1. The zero-order valence-electron chi connectivity index (χ0n) is 12.9. The van der Waals surface area contributed by atoms with Gasteiger partial charge in [0, 0.05) is 0 Å². The molecule has 0 bridgehead atoms. The lowest BCUT2D eigenvalue weighted by Crippen LogP contribution is -2.45. The largest absolute Gasteiger partial charge is 0.444 e. The fourth-order valence-electron chi connectivity index (χ4n) is 2.60. The third-order valence-electron chi connectivity index (χ3n) is 3.49. The molecule has 7 nitrogen and oxygen atoms in total. The second-order valence-electron chi connectivity index (χ2n) is 6.45. The molecule has 1 aromatic heterocycles. The molecule has 1 heterocycles. The molecule has 1 aromatic rings. The first-order chi connectivity index (χ1) is 9.89. The van der Waals surface area contributed by atoms with E-state index in [1.54, 1.807) is 10.9 Å². The molecule has 118 valence electrons. The van der Waals surface area contributed by atoms with E-state index in [9.17, 15) is 4.79 Å². The Bertz CT molecular complexity index is 481. The second kappa shape index (κ2) is 6.43. The van der Waals surface area contributed by atoms with Crippen LogP contribution in [-0.2, 0) is 11.3 Å². The van der Waals surface area contributed by atoms with Crippen molar-refractivity contribution >= 4 is 6.09 Å². The summed E-state index contributed by atoms with van der Waals surface area (Å²) >= 11 is 0. The Morgan fingerprint density at radius 1 is 1.48 bits per heavy atom. The van der Waals surface area contributed by atoms with E-state index in [-0.39, 0.29) is 18.7 Å². The molecule has 0 aromatic carbocycles. The number of hydrogen-bond acceptors (Lipinski definition) is 5. The zero-order chi connectivity index (χ0) is 15.5. The molecule has 0 saturated heterocycles. The third-order valence-corrected chi connectivity index (χ3v) is 3.49. The van der Waals surface area contributed by atoms with Crippen LogP contribution in [0.15, 0.2) is 6.20 Å². The van der Waals surface area contributed by atoms with Gasteiger partial charge in [0.2, 0.25) is 0 Å². The summed E-state index contributed by atoms with van der Waals surface area (Å²) in [5.74, 6) is 0. The molecule has 1 fully saturated rings. The normalized spacial score (nSPS) is 22.9. The third kappa shape index (κ3) is 4.42. The number of nitrogens with one attached hydrogen (secondary N) is 1. The highest BCUT2D eigenvalue weighted by atomic mass is 16.6. The van der Waals surface area contributed by atoms with Crippen LogP contribution in [0.5, 0.6) is 0 Å². The van der Waals surface area contributed by atoms with Gasteiger partial charge in [0.15, 0.2) is 0 Å². The number of nitrogens with zero attached hydrogens (tertiary/aromatic N) is 3. The van der Waals surface area contributed by atoms with Crippen LogP contribution in [0.25, 0.3) is 0 Å². The Labute approximate surface area is 124 Å². The van der Waals surface area contributed by atoms with Gasteiger partial charge in [-0.3, -0.25) is 0 Å². The first-order valence-corrected chi connectivity index (χ1v) is 7.40. The summed E-state index contributed by atoms with van der Waals surface area (Å²) in [6.45, 7) is 5.40. The average Bonchev–Trinajstić information content (AvgIpc) is 2.85. The van der Waals surface area contributed by atoms with E-state index < -0.39 is 11.7 Å². The number of amides is 1. The molecule has 1 saturated carbocycles. The summed E-state index contributed by atoms with van der Waals surface area (Å²) in [6, 6.07) is 0.0286. The van der Waals surface area contributed by atoms with E-state index in [1.165, 1.54) is 0 Å². The summed E-state index contributed by atoms with van der Waals surface area (Å²) < 4.78 is 7.06. The number of hydrogen-bond donors (Lipinski definition) is 2. The van der Waals surface area contributed by atoms with Gasteiger partial charge in [-0.15, -0.1) is 5.10 Å². The topological polar surface area (TPSA) is 89.3 Å². The predicted octanol–water partition coefficient (Wildman–Crippen LogP) is 1.78. The van der Waals surface area contributed by atoms with E-state index in [4.69, 9.17) is 9.84 Å². The number of ether oxygens (including phenoxy) is 1. The van der Waals surface area contributed by atoms with Crippen molar-refractivity contribution in [1.82, 2.24) is 20.3 Å². The lowest BCUT2D eigenvalue weighted by molar-refractivity contribution is 0.0468. The molecule has 1 aliphatic carbocycles. The molecular formula is C14H24N4O3. The lowest BCUT2D eigenvalue weighted by atomic mass is 9.90. The van der Waals surface area contributed by atoms with Crippen molar-refractivity contribution in [2.75, 3.05) is 0 Å². The van der Waals surface area contributed by atoms with E-state index in [1.807, 2.05) is 20.8 Å². The standard InChI is InChI=1S/C14H24N4O3/c1-14(2,3)21-13(20)15-11-6-4-5-7-12(11)18-8-10(9-19)16-17-18/h8,11-12,19H,4-7,9H2,1-3H3,(H,15,20)/t11-,12+/m1/s1. The number of aromatic nitrogens is 3. The minimum atomic E-state index is -0.508. The number of alkyl carbamates (subject to hydrolysis) is 1. The fraction of sp³-hybridized carbons (Fsp3) is 0.786. The van der Waals surface area contributed by atoms with Crippen LogP contribution in [0, 0.1) is 0 Å². The number of carbonyl (C=O) groups excluding carboxylic acids is 1. The van der Waals surface area contributed by atoms with Crippen molar-refractivity contribution in [2.45, 2.75) is 70.7 Å². The second-order valence-corrected chi connectivity index (χ2v) is 6.45. The Hall–Kier alpha value is -1.63. The van der Waals surface area contributed by atoms with E-state index in [0.717, 1.165) is 25.7 Å². The van der Waals surface area contributed by atoms with Crippen LogP contribution in [0.4, 0.5) is 4.79 Å². The molecule has 2 N–H and O–H groups in total. The summed E-state index contributed by atoms with van der Waals surface area (Å²) in [5.41, 5.74) is 0.0301. The van der Waals surface area contributed by atoms with Crippen LogP contribution >= 0.6 is 0 Å². The van der Waals surface area contributed by atoms with Crippen molar-refractivity contribution in [1.29, 1.82) is 0 Å². The highest BCUT2D eigenvalue weighted by Gasteiger charge is 2.30. The first-order valence-electron chi connectivity index (χ1n) is 7.40. The lowest BCUT2D eigenvalue weighted by Gasteiger charge is -2.32. The quantitative estimate of drug-likeness (QED) is 0.887. The molecule has 0 spiro atoms.